The molecule has 2 N–H and O–H groups in total. The molecule has 0 amide bonds. The molecule has 214 valence electrons. The Kier molecular flexibility index (Phi) is 5.23. The van der Waals surface area contributed by atoms with Gasteiger partial charge in [0.05, 0.1) is 17.8 Å². The molecule has 0 spiro atoms. The lowest BCUT2D eigenvalue weighted by atomic mass is 9.37. The Labute approximate surface area is 228 Å². The van der Waals surface area contributed by atoms with Crippen LogP contribution < -0.4 is 0 Å². The van der Waals surface area contributed by atoms with E-state index in [1.54, 1.807) is 0 Å². The van der Waals surface area contributed by atoms with Crippen LogP contribution in [-0.2, 0) is 19.0 Å². The number of carbonyl (C=O) groups excluding carboxylic acids is 1. The van der Waals surface area contributed by atoms with Gasteiger partial charge < -0.3 is 24.4 Å². The fourth-order valence-electron chi connectivity index (χ4n) is 12.8. The standard InChI is InChI=1S/C32H50O6/c1-17(33)36-24-10-11-29(6)21-9-12-31-16-32(31,30(21,7)23(34)15-22(29)27(24,2)3)13-8-19(31)18-14-20(37-26(18)35)25-28(4,5)38-25/h18-26,34-35H,8-16H2,1-7H3/t18?,19-,20?,21+,22-,23+,24+,25?,26?,29+,30-,31+,32+/m0/s1. The molecule has 7 aliphatic rings. The van der Waals surface area contributed by atoms with Crippen LogP contribution >= 0.6 is 0 Å². The monoisotopic (exact) mass is 530 g/mol. The predicted molar refractivity (Wildman–Crippen MR) is 142 cm³/mol. The third kappa shape index (κ3) is 2.97. The van der Waals surface area contributed by atoms with Crippen molar-refractivity contribution in [2.45, 2.75) is 143 Å². The molecule has 38 heavy (non-hydrogen) atoms. The summed E-state index contributed by atoms with van der Waals surface area (Å²) in [6.07, 6.45) is 8.51. The summed E-state index contributed by atoms with van der Waals surface area (Å²) in [6.45, 7) is 15.2. The number of rotatable bonds is 3. The molecular weight excluding hydrogens is 480 g/mol. The van der Waals surface area contributed by atoms with E-state index < -0.39 is 6.29 Å². The van der Waals surface area contributed by atoms with Crippen molar-refractivity contribution in [1.29, 1.82) is 0 Å². The summed E-state index contributed by atoms with van der Waals surface area (Å²) >= 11 is 0. The van der Waals surface area contributed by atoms with E-state index in [1.807, 2.05) is 0 Å². The number of hydrogen-bond acceptors (Lipinski definition) is 6. The van der Waals surface area contributed by atoms with Crippen molar-refractivity contribution in [3.05, 3.63) is 0 Å². The molecule has 0 aromatic carbocycles. The highest BCUT2D eigenvalue weighted by Gasteiger charge is 2.86. The number of aliphatic hydroxyl groups is 2. The van der Waals surface area contributed by atoms with Crippen LogP contribution in [-0.4, -0.2) is 52.5 Å². The van der Waals surface area contributed by atoms with Gasteiger partial charge in [0.1, 0.15) is 12.2 Å². The second-order valence-corrected chi connectivity index (χ2v) is 16.3. The number of carbonyl (C=O) groups is 1. The van der Waals surface area contributed by atoms with Crippen molar-refractivity contribution in [2.75, 3.05) is 0 Å². The highest BCUT2D eigenvalue weighted by atomic mass is 16.7. The number of esters is 1. The molecule has 7 rings (SSSR count). The van der Waals surface area contributed by atoms with Gasteiger partial charge in [0.15, 0.2) is 6.29 Å². The van der Waals surface area contributed by atoms with Gasteiger partial charge >= 0.3 is 5.97 Å². The van der Waals surface area contributed by atoms with E-state index in [0.29, 0.717) is 17.8 Å². The Morgan fingerprint density at radius 2 is 1.63 bits per heavy atom. The van der Waals surface area contributed by atoms with E-state index in [9.17, 15) is 15.0 Å². The highest BCUT2D eigenvalue weighted by Crippen LogP contribution is 2.91. The second kappa shape index (κ2) is 7.57. The first-order valence-corrected chi connectivity index (χ1v) is 15.5. The SMILES string of the molecule is CC(=O)O[C@@H]1CC[C@]2(C)[C@H]3CC[C@]45C[C@]4(CC[C@H]5C4CC(C5OC5(C)C)OC4O)[C@]3(C)[C@H](O)C[C@H]2C1(C)C. The zero-order chi connectivity index (χ0) is 27.3. The van der Waals surface area contributed by atoms with Crippen molar-refractivity contribution in [3.63, 3.8) is 0 Å². The van der Waals surface area contributed by atoms with Crippen LogP contribution in [0.3, 0.4) is 0 Å². The third-order valence-electron chi connectivity index (χ3n) is 14.5. The lowest BCUT2D eigenvalue weighted by molar-refractivity contribution is -0.246. The van der Waals surface area contributed by atoms with Crippen LogP contribution in [0.2, 0.25) is 0 Å². The molecule has 5 aliphatic carbocycles. The van der Waals surface area contributed by atoms with Gasteiger partial charge in [-0.1, -0.05) is 27.7 Å². The number of fused-ring (bicyclic) bond motifs is 3. The zero-order valence-corrected chi connectivity index (χ0v) is 24.6. The van der Waals surface area contributed by atoms with Gasteiger partial charge in [0, 0.05) is 23.7 Å². The molecule has 5 saturated carbocycles. The van der Waals surface area contributed by atoms with E-state index >= 15 is 0 Å². The van der Waals surface area contributed by atoms with Crippen molar-refractivity contribution in [2.24, 2.45) is 50.7 Å². The second-order valence-electron chi connectivity index (χ2n) is 16.3. The third-order valence-corrected chi connectivity index (χ3v) is 14.5. The Bertz CT molecular complexity index is 1040. The van der Waals surface area contributed by atoms with Crippen molar-refractivity contribution in [1.82, 2.24) is 0 Å². The molecule has 0 aromatic rings. The van der Waals surface area contributed by atoms with Gasteiger partial charge in [-0.05, 0) is 106 Å². The van der Waals surface area contributed by atoms with E-state index in [-0.39, 0.29) is 69.0 Å². The summed E-state index contributed by atoms with van der Waals surface area (Å²) in [7, 11) is 0. The molecule has 7 fully saturated rings. The molecular formula is C32H50O6. The molecule has 0 aromatic heterocycles. The summed E-state index contributed by atoms with van der Waals surface area (Å²) in [6, 6.07) is 0. The van der Waals surface area contributed by atoms with Crippen molar-refractivity contribution >= 4 is 5.97 Å². The fraction of sp³-hybridized carbons (Fsp3) is 0.969. The van der Waals surface area contributed by atoms with Gasteiger partial charge in [0.2, 0.25) is 0 Å². The lowest BCUT2D eigenvalue weighted by Gasteiger charge is -2.68. The fourth-order valence-corrected chi connectivity index (χ4v) is 12.8. The quantitative estimate of drug-likeness (QED) is 0.384. The smallest absolute Gasteiger partial charge is 0.302 e. The predicted octanol–water partition coefficient (Wildman–Crippen LogP) is 5.23. The van der Waals surface area contributed by atoms with Gasteiger partial charge in [-0.15, -0.1) is 0 Å². The van der Waals surface area contributed by atoms with Crippen LogP contribution in [0.25, 0.3) is 0 Å². The summed E-state index contributed by atoms with van der Waals surface area (Å²) in [5.41, 5.74) is 0.130. The normalized spacial score (nSPS) is 59.2. The molecule has 0 bridgehead atoms. The first-order chi connectivity index (χ1) is 17.6. The average molecular weight is 531 g/mol. The first kappa shape index (κ1) is 26.2. The highest BCUT2D eigenvalue weighted by molar-refractivity contribution is 5.66. The zero-order valence-electron chi connectivity index (χ0n) is 24.6. The molecule has 2 aliphatic heterocycles. The number of hydrogen-bond donors (Lipinski definition) is 2. The van der Waals surface area contributed by atoms with E-state index in [2.05, 4.69) is 41.5 Å². The molecule has 6 nitrogen and oxygen atoms in total. The minimum absolute atomic E-state index is 0.00310. The molecule has 2 heterocycles. The molecule has 13 atom stereocenters. The summed E-state index contributed by atoms with van der Waals surface area (Å²) in [5, 5.41) is 23.3. The van der Waals surface area contributed by atoms with Gasteiger partial charge in [-0.25, -0.2) is 0 Å². The Morgan fingerprint density at radius 1 is 0.921 bits per heavy atom. The molecule has 2 saturated heterocycles. The maximum Gasteiger partial charge on any atom is 0.302 e. The summed E-state index contributed by atoms with van der Waals surface area (Å²) in [5.74, 6) is 1.24. The van der Waals surface area contributed by atoms with E-state index in [0.717, 1.165) is 38.5 Å². The molecule has 4 unspecified atom stereocenters. The van der Waals surface area contributed by atoms with E-state index in [4.69, 9.17) is 14.2 Å². The topological polar surface area (TPSA) is 88.5 Å². The summed E-state index contributed by atoms with van der Waals surface area (Å²) in [4.78, 5) is 11.9. The maximum absolute atomic E-state index is 12.1. The van der Waals surface area contributed by atoms with Crippen LogP contribution in [0.4, 0.5) is 0 Å². The number of ether oxygens (including phenoxy) is 3. The minimum atomic E-state index is -0.697. The largest absolute Gasteiger partial charge is 0.462 e. The van der Waals surface area contributed by atoms with Gasteiger partial charge in [0.25, 0.3) is 0 Å². The van der Waals surface area contributed by atoms with Crippen LogP contribution in [0.1, 0.15) is 106 Å². The number of epoxide rings is 1. The molecule has 6 heteroatoms. The van der Waals surface area contributed by atoms with Crippen molar-refractivity contribution in [3.8, 4) is 0 Å². The van der Waals surface area contributed by atoms with Crippen molar-refractivity contribution < 1.29 is 29.2 Å². The summed E-state index contributed by atoms with van der Waals surface area (Å²) < 4.78 is 17.9. The minimum Gasteiger partial charge on any atom is -0.462 e. The first-order valence-electron chi connectivity index (χ1n) is 15.5. The Balaban J connectivity index is 1.17. The Morgan fingerprint density at radius 3 is 2.29 bits per heavy atom. The number of aliphatic hydroxyl groups excluding tert-OH is 2. The maximum atomic E-state index is 12.1. The van der Waals surface area contributed by atoms with Crippen LogP contribution in [0.15, 0.2) is 0 Å². The van der Waals surface area contributed by atoms with Gasteiger partial charge in [-0.2, -0.15) is 0 Å². The Hall–Kier alpha value is -0.690. The lowest BCUT2D eigenvalue weighted by Crippen LogP contribution is -2.66. The molecule has 0 radical (unpaired) electrons. The average Bonchev–Trinajstić information content (AvgIpc) is 3.57. The van der Waals surface area contributed by atoms with Crippen LogP contribution in [0, 0.1) is 50.7 Å². The van der Waals surface area contributed by atoms with E-state index in [1.165, 1.54) is 26.2 Å². The van der Waals surface area contributed by atoms with Gasteiger partial charge in [-0.3, -0.25) is 4.79 Å². The van der Waals surface area contributed by atoms with Crippen LogP contribution in [0.5, 0.6) is 0 Å².